The summed E-state index contributed by atoms with van der Waals surface area (Å²) in [4.78, 5) is 12.4. The van der Waals surface area contributed by atoms with E-state index in [1.807, 2.05) is 0 Å². The molecule has 3 heteroatoms. The molecule has 1 aromatic rings. The highest BCUT2D eigenvalue weighted by atomic mass is 19.1. The highest BCUT2D eigenvalue weighted by molar-refractivity contribution is 5.83. The minimum atomic E-state index is -0.217. The second-order valence-corrected chi connectivity index (χ2v) is 6.92. The van der Waals surface area contributed by atoms with Gasteiger partial charge in [-0.15, -0.1) is 0 Å². The first-order chi connectivity index (χ1) is 10.1. The molecule has 21 heavy (non-hydrogen) atoms. The zero-order valence-corrected chi connectivity index (χ0v) is 12.8. The van der Waals surface area contributed by atoms with Crippen molar-refractivity contribution >= 4 is 5.91 Å². The van der Waals surface area contributed by atoms with Gasteiger partial charge in [-0.1, -0.05) is 32.4 Å². The molecule has 0 saturated heterocycles. The maximum atomic E-state index is 12.9. The van der Waals surface area contributed by atoms with Gasteiger partial charge in [-0.05, 0) is 54.7 Å². The van der Waals surface area contributed by atoms with E-state index >= 15 is 0 Å². The standard InChI is InChI=1S/C18H24FNO/c1-11-4-3-5-12(2)17(11)20-18(21)16-10-15(16)13-6-8-14(19)9-7-13/h6-9,11-12,15-17H,3-5,10H2,1-2H3,(H,20,21). The van der Waals surface area contributed by atoms with E-state index in [2.05, 4.69) is 19.2 Å². The van der Waals surface area contributed by atoms with E-state index in [1.165, 1.54) is 31.4 Å². The summed E-state index contributed by atoms with van der Waals surface area (Å²) in [6.45, 7) is 4.48. The summed E-state index contributed by atoms with van der Waals surface area (Å²) in [5.74, 6) is 1.47. The molecule has 2 nitrogen and oxygen atoms in total. The molecule has 1 amide bonds. The second kappa shape index (κ2) is 5.78. The largest absolute Gasteiger partial charge is 0.353 e. The number of rotatable bonds is 3. The summed E-state index contributed by atoms with van der Waals surface area (Å²) in [6, 6.07) is 6.89. The monoisotopic (exact) mass is 289 g/mol. The minimum Gasteiger partial charge on any atom is -0.353 e. The summed E-state index contributed by atoms with van der Waals surface area (Å²) in [5.41, 5.74) is 1.08. The van der Waals surface area contributed by atoms with Gasteiger partial charge in [0.15, 0.2) is 0 Å². The molecular formula is C18H24FNO. The van der Waals surface area contributed by atoms with Crippen molar-refractivity contribution in [3.63, 3.8) is 0 Å². The maximum absolute atomic E-state index is 12.9. The summed E-state index contributed by atoms with van der Waals surface area (Å²) >= 11 is 0. The first kappa shape index (κ1) is 14.6. The van der Waals surface area contributed by atoms with Gasteiger partial charge in [-0.2, -0.15) is 0 Å². The van der Waals surface area contributed by atoms with Crippen molar-refractivity contribution in [1.82, 2.24) is 5.32 Å². The van der Waals surface area contributed by atoms with E-state index in [4.69, 9.17) is 0 Å². The maximum Gasteiger partial charge on any atom is 0.223 e. The number of carbonyl (C=O) groups is 1. The fourth-order valence-electron chi connectivity index (χ4n) is 3.80. The van der Waals surface area contributed by atoms with Crippen LogP contribution in [0.1, 0.15) is 51.0 Å². The lowest BCUT2D eigenvalue weighted by atomic mass is 9.78. The molecule has 2 aliphatic carbocycles. The van der Waals surface area contributed by atoms with Crippen LogP contribution in [0.25, 0.3) is 0 Å². The topological polar surface area (TPSA) is 29.1 Å². The molecule has 2 saturated carbocycles. The predicted octanol–water partition coefficient (Wildman–Crippen LogP) is 3.87. The molecule has 0 bridgehead atoms. The van der Waals surface area contributed by atoms with Gasteiger partial charge in [0.2, 0.25) is 5.91 Å². The third kappa shape index (κ3) is 3.12. The molecule has 0 heterocycles. The van der Waals surface area contributed by atoms with Crippen LogP contribution >= 0.6 is 0 Å². The van der Waals surface area contributed by atoms with E-state index in [1.54, 1.807) is 12.1 Å². The van der Waals surface area contributed by atoms with Crippen LogP contribution in [0.15, 0.2) is 24.3 Å². The number of hydrogen-bond acceptors (Lipinski definition) is 1. The lowest BCUT2D eigenvalue weighted by molar-refractivity contribution is -0.124. The van der Waals surface area contributed by atoms with E-state index in [0.717, 1.165) is 12.0 Å². The van der Waals surface area contributed by atoms with Crippen LogP contribution in [-0.2, 0) is 4.79 Å². The van der Waals surface area contributed by atoms with Gasteiger partial charge in [-0.3, -0.25) is 4.79 Å². The first-order valence-electron chi connectivity index (χ1n) is 8.12. The van der Waals surface area contributed by atoms with Gasteiger partial charge in [0.05, 0.1) is 0 Å². The summed E-state index contributed by atoms with van der Waals surface area (Å²) in [6.07, 6.45) is 4.59. The molecule has 2 fully saturated rings. The van der Waals surface area contributed by atoms with Gasteiger partial charge >= 0.3 is 0 Å². The number of benzene rings is 1. The van der Waals surface area contributed by atoms with Crippen LogP contribution in [0.3, 0.4) is 0 Å². The zero-order chi connectivity index (χ0) is 15.0. The Hall–Kier alpha value is -1.38. The molecular weight excluding hydrogens is 265 g/mol. The second-order valence-electron chi connectivity index (χ2n) is 6.92. The Labute approximate surface area is 126 Å². The Morgan fingerprint density at radius 1 is 1.14 bits per heavy atom. The minimum absolute atomic E-state index is 0.0804. The van der Waals surface area contributed by atoms with E-state index < -0.39 is 0 Å². The molecule has 1 aromatic carbocycles. The van der Waals surface area contributed by atoms with Gasteiger partial charge < -0.3 is 5.32 Å². The number of nitrogens with one attached hydrogen (secondary N) is 1. The number of hydrogen-bond donors (Lipinski definition) is 1. The van der Waals surface area contributed by atoms with E-state index in [-0.39, 0.29) is 23.6 Å². The molecule has 114 valence electrons. The summed E-state index contributed by atoms with van der Waals surface area (Å²) in [7, 11) is 0. The Balaban J connectivity index is 1.58. The van der Waals surface area contributed by atoms with Gasteiger partial charge in [0.1, 0.15) is 5.82 Å². The van der Waals surface area contributed by atoms with Gasteiger partial charge in [-0.25, -0.2) is 4.39 Å². The Bertz CT molecular complexity index is 502. The highest BCUT2D eigenvalue weighted by Gasteiger charge is 2.45. The average Bonchev–Trinajstić information content (AvgIpc) is 3.24. The molecule has 3 rings (SSSR count). The zero-order valence-electron chi connectivity index (χ0n) is 12.8. The van der Waals surface area contributed by atoms with Crippen LogP contribution in [0.2, 0.25) is 0 Å². The predicted molar refractivity (Wildman–Crippen MR) is 81.4 cm³/mol. The van der Waals surface area contributed by atoms with E-state index in [0.29, 0.717) is 17.9 Å². The highest BCUT2D eigenvalue weighted by Crippen LogP contribution is 2.47. The lowest BCUT2D eigenvalue weighted by Gasteiger charge is -2.35. The molecule has 1 N–H and O–H groups in total. The fourth-order valence-corrected chi connectivity index (χ4v) is 3.80. The van der Waals surface area contributed by atoms with Crippen LogP contribution in [-0.4, -0.2) is 11.9 Å². The number of amides is 1. The summed E-state index contributed by atoms with van der Waals surface area (Å²) in [5, 5.41) is 3.28. The number of halogens is 1. The number of carbonyl (C=O) groups excluding carboxylic acids is 1. The Morgan fingerprint density at radius 3 is 2.38 bits per heavy atom. The van der Waals surface area contributed by atoms with Crippen molar-refractivity contribution in [3.8, 4) is 0 Å². The quantitative estimate of drug-likeness (QED) is 0.899. The SMILES string of the molecule is CC1CCCC(C)C1NC(=O)C1CC1c1ccc(F)cc1. The van der Waals surface area contributed by atoms with Crippen LogP contribution in [0.5, 0.6) is 0 Å². The van der Waals surface area contributed by atoms with Crippen LogP contribution in [0.4, 0.5) is 4.39 Å². The van der Waals surface area contributed by atoms with Crippen molar-refractivity contribution in [2.75, 3.05) is 0 Å². The molecule has 0 radical (unpaired) electrons. The molecule has 0 aliphatic heterocycles. The van der Waals surface area contributed by atoms with Crippen LogP contribution < -0.4 is 5.32 Å². The van der Waals surface area contributed by atoms with Gasteiger partial charge in [0, 0.05) is 12.0 Å². The molecule has 4 atom stereocenters. The molecule has 4 unspecified atom stereocenters. The average molecular weight is 289 g/mol. The first-order valence-corrected chi connectivity index (χ1v) is 8.12. The molecule has 0 spiro atoms. The Morgan fingerprint density at radius 2 is 1.76 bits per heavy atom. The molecule has 2 aliphatic rings. The van der Waals surface area contributed by atoms with Gasteiger partial charge in [0.25, 0.3) is 0 Å². The van der Waals surface area contributed by atoms with Crippen molar-refractivity contribution in [3.05, 3.63) is 35.6 Å². The van der Waals surface area contributed by atoms with Crippen molar-refractivity contribution in [1.29, 1.82) is 0 Å². The Kier molecular flexibility index (Phi) is 4.01. The fraction of sp³-hybridized carbons (Fsp3) is 0.611. The third-order valence-corrected chi connectivity index (χ3v) is 5.28. The van der Waals surface area contributed by atoms with E-state index in [9.17, 15) is 9.18 Å². The normalized spacial score (nSPS) is 35.3. The van der Waals surface area contributed by atoms with Crippen molar-refractivity contribution in [2.45, 2.75) is 51.5 Å². The smallest absolute Gasteiger partial charge is 0.223 e. The lowest BCUT2D eigenvalue weighted by Crippen LogP contribution is -2.46. The van der Waals surface area contributed by atoms with Crippen molar-refractivity contribution in [2.24, 2.45) is 17.8 Å². The molecule has 0 aromatic heterocycles. The van der Waals surface area contributed by atoms with Crippen LogP contribution in [0, 0.1) is 23.6 Å². The summed E-state index contributed by atoms with van der Waals surface area (Å²) < 4.78 is 12.9. The van der Waals surface area contributed by atoms with Crippen molar-refractivity contribution < 1.29 is 9.18 Å². The third-order valence-electron chi connectivity index (χ3n) is 5.28.